The lowest BCUT2D eigenvalue weighted by molar-refractivity contribution is -0.153. The number of rotatable bonds is 4. The summed E-state index contributed by atoms with van der Waals surface area (Å²) in [5, 5.41) is 3.17. The molecule has 0 aromatic rings. The van der Waals surface area contributed by atoms with Gasteiger partial charge in [-0.2, -0.15) is 0 Å². The Labute approximate surface area is 95.8 Å². The van der Waals surface area contributed by atoms with Crippen molar-refractivity contribution in [3.63, 3.8) is 0 Å². The van der Waals surface area contributed by atoms with E-state index in [1.807, 2.05) is 6.92 Å². The van der Waals surface area contributed by atoms with Crippen molar-refractivity contribution in [2.45, 2.75) is 25.8 Å². The predicted molar refractivity (Wildman–Crippen MR) is 59.9 cm³/mol. The molecule has 2 aliphatic heterocycles. The normalized spacial score (nSPS) is 25.2. The summed E-state index contributed by atoms with van der Waals surface area (Å²) < 4.78 is 0. The highest BCUT2D eigenvalue weighted by atomic mass is 16.2. The Kier molecular flexibility index (Phi) is 3.43. The zero-order valence-corrected chi connectivity index (χ0v) is 9.74. The van der Waals surface area contributed by atoms with Crippen LogP contribution in [0.25, 0.3) is 0 Å². The highest BCUT2D eigenvalue weighted by Gasteiger charge is 2.41. The highest BCUT2D eigenvalue weighted by Crippen LogP contribution is 2.23. The Balaban J connectivity index is 1.94. The molecule has 90 valence electrons. The molecule has 2 fully saturated rings. The molecule has 0 spiro atoms. The van der Waals surface area contributed by atoms with Gasteiger partial charge >= 0.3 is 0 Å². The average molecular weight is 225 g/mol. The third-order valence-electron chi connectivity index (χ3n) is 3.30. The van der Waals surface area contributed by atoms with Crippen molar-refractivity contribution in [3.05, 3.63) is 0 Å². The number of hydrogen-bond acceptors (Lipinski definition) is 3. The van der Waals surface area contributed by atoms with Gasteiger partial charge < -0.3 is 15.1 Å². The van der Waals surface area contributed by atoms with Crippen LogP contribution in [0, 0.1) is 0 Å². The molecule has 5 heteroatoms. The van der Waals surface area contributed by atoms with Crippen molar-refractivity contribution in [1.82, 2.24) is 15.1 Å². The molecule has 0 bridgehead atoms. The van der Waals surface area contributed by atoms with Crippen molar-refractivity contribution >= 4 is 11.8 Å². The maximum atomic E-state index is 12.1. The molecule has 2 saturated heterocycles. The fraction of sp³-hybridized carbons (Fsp3) is 0.818. The number of likely N-dealkylation sites (N-methyl/N-ethyl adjacent to an activating group) is 1. The van der Waals surface area contributed by atoms with Gasteiger partial charge in [0.05, 0.1) is 6.54 Å². The molecular weight excluding hydrogens is 206 g/mol. The maximum absolute atomic E-state index is 12.1. The van der Waals surface area contributed by atoms with Crippen molar-refractivity contribution in [1.29, 1.82) is 0 Å². The molecule has 1 unspecified atom stereocenters. The summed E-state index contributed by atoms with van der Waals surface area (Å²) in [5.74, 6) is 0.244. The largest absolute Gasteiger partial charge is 0.330 e. The van der Waals surface area contributed by atoms with Gasteiger partial charge in [0.1, 0.15) is 6.04 Å². The standard InChI is InChI=1S/C11H19N3O2/c1-2-12-5-7-13-8-10(15)14-6-3-4-9(14)11(13)16/h9,12H,2-8H2,1H3. The number of carbonyl (C=O) groups excluding carboxylic acids is 2. The van der Waals surface area contributed by atoms with Crippen LogP contribution in [0.4, 0.5) is 0 Å². The lowest BCUT2D eigenvalue weighted by atomic mass is 10.1. The number of nitrogens with zero attached hydrogens (tertiary/aromatic N) is 2. The summed E-state index contributed by atoms with van der Waals surface area (Å²) in [5.41, 5.74) is 0. The lowest BCUT2D eigenvalue weighted by Crippen LogP contribution is -2.58. The van der Waals surface area contributed by atoms with Crippen LogP contribution in [-0.2, 0) is 9.59 Å². The molecule has 0 aromatic carbocycles. The van der Waals surface area contributed by atoms with E-state index in [-0.39, 0.29) is 24.4 Å². The van der Waals surface area contributed by atoms with Gasteiger partial charge in [-0.15, -0.1) is 0 Å². The van der Waals surface area contributed by atoms with E-state index >= 15 is 0 Å². The smallest absolute Gasteiger partial charge is 0.245 e. The molecule has 0 aromatic heterocycles. The van der Waals surface area contributed by atoms with Crippen LogP contribution in [0.15, 0.2) is 0 Å². The van der Waals surface area contributed by atoms with Gasteiger partial charge in [0.15, 0.2) is 0 Å². The fourth-order valence-corrected chi connectivity index (χ4v) is 2.44. The first-order chi connectivity index (χ1) is 7.74. The Morgan fingerprint density at radius 1 is 1.44 bits per heavy atom. The van der Waals surface area contributed by atoms with E-state index in [4.69, 9.17) is 0 Å². The molecule has 2 rings (SSSR count). The maximum Gasteiger partial charge on any atom is 0.245 e. The van der Waals surface area contributed by atoms with E-state index in [0.717, 1.165) is 32.5 Å². The molecular formula is C11H19N3O2. The molecule has 1 atom stereocenters. The first-order valence-electron chi connectivity index (χ1n) is 6.03. The minimum absolute atomic E-state index is 0.110. The quantitative estimate of drug-likeness (QED) is 0.652. The van der Waals surface area contributed by atoms with Gasteiger partial charge in [-0.1, -0.05) is 6.92 Å². The molecule has 2 aliphatic rings. The molecule has 2 amide bonds. The molecule has 0 radical (unpaired) electrons. The summed E-state index contributed by atoms with van der Waals surface area (Å²) in [6.45, 7) is 5.36. The topological polar surface area (TPSA) is 52.7 Å². The van der Waals surface area contributed by atoms with E-state index in [9.17, 15) is 9.59 Å². The van der Waals surface area contributed by atoms with E-state index < -0.39 is 0 Å². The van der Waals surface area contributed by atoms with Gasteiger partial charge in [0, 0.05) is 19.6 Å². The Morgan fingerprint density at radius 3 is 3.00 bits per heavy atom. The van der Waals surface area contributed by atoms with Gasteiger partial charge in [-0.3, -0.25) is 9.59 Å². The van der Waals surface area contributed by atoms with Crippen LogP contribution in [0.2, 0.25) is 0 Å². The van der Waals surface area contributed by atoms with Crippen LogP contribution >= 0.6 is 0 Å². The van der Waals surface area contributed by atoms with Gasteiger partial charge in [0.25, 0.3) is 0 Å². The molecule has 0 saturated carbocycles. The third-order valence-corrected chi connectivity index (χ3v) is 3.30. The van der Waals surface area contributed by atoms with Crippen molar-refractivity contribution < 1.29 is 9.59 Å². The number of hydrogen-bond donors (Lipinski definition) is 1. The van der Waals surface area contributed by atoms with Crippen molar-refractivity contribution in [2.75, 3.05) is 32.7 Å². The minimum Gasteiger partial charge on any atom is -0.330 e. The SMILES string of the molecule is CCNCCN1CC(=O)N2CCCC2C1=O. The lowest BCUT2D eigenvalue weighted by Gasteiger charge is -2.36. The number of piperazine rings is 1. The van der Waals surface area contributed by atoms with Gasteiger partial charge in [0.2, 0.25) is 11.8 Å². The molecule has 1 N–H and O–H groups in total. The monoisotopic (exact) mass is 225 g/mol. The van der Waals surface area contributed by atoms with Crippen molar-refractivity contribution in [2.24, 2.45) is 0 Å². The van der Waals surface area contributed by atoms with Gasteiger partial charge in [-0.05, 0) is 19.4 Å². The third kappa shape index (κ3) is 2.04. The Hall–Kier alpha value is -1.10. The van der Waals surface area contributed by atoms with E-state index in [1.165, 1.54) is 0 Å². The fourth-order valence-electron chi connectivity index (χ4n) is 2.44. The number of nitrogens with one attached hydrogen (secondary N) is 1. The second-order valence-electron chi connectivity index (χ2n) is 4.36. The summed E-state index contributed by atoms with van der Waals surface area (Å²) in [6, 6.07) is -0.164. The second-order valence-corrected chi connectivity index (χ2v) is 4.36. The number of amides is 2. The first kappa shape index (κ1) is 11.4. The molecule has 0 aliphatic carbocycles. The predicted octanol–water partition coefficient (Wildman–Crippen LogP) is -0.571. The second kappa shape index (κ2) is 4.82. The zero-order valence-electron chi connectivity index (χ0n) is 9.74. The van der Waals surface area contributed by atoms with Crippen LogP contribution in [-0.4, -0.2) is 60.4 Å². The Bertz CT molecular complexity index is 293. The van der Waals surface area contributed by atoms with Crippen LogP contribution < -0.4 is 5.32 Å². The molecule has 2 heterocycles. The van der Waals surface area contributed by atoms with Gasteiger partial charge in [-0.25, -0.2) is 0 Å². The summed E-state index contributed by atoms with van der Waals surface area (Å²) >= 11 is 0. The summed E-state index contributed by atoms with van der Waals surface area (Å²) in [6.07, 6.45) is 1.80. The van der Waals surface area contributed by atoms with Crippen LogP contribution in [0.1, 0.15) is 19.8 Å². The average Bonchev–Trinajstić information content (AvgIpc) is 2.75. The van der Waals surface area contributed by atoms with E-state index in [1.54, 1.807) is 9.80 Å². The summed E-state index contributed by atoms with van der Waals surface area (Å²) in [7, 11) is 0. The zero-order chi connectivity index (χ0) is 11.5. The Morgan fingerprint density at radius 2 is 2.25 bits per heavy atom. The number of carbonyl (C=O) groups is 2. The van der Waals surface area contributed by atoms with Crippen LogP contribution in [0.5, 0.6) is 0 Å². The highest BCUT2D eigenvalue weighted by molar-refractivity contribution is 5.95. The van der Waals surface area contributed by atoms with Crippen LogP contribution in [0.3, 0.4) is 0 Å². The minimum atomic E-state index is -0.164. The first-order valence-corrected chi connectivity index (χ1v) is 6.03. The number of fused-ring (bicyclic) bond motifs is 1. The van der Waals surface area contributed by atoms with E-state index in [0.29, 0.717) is 6.54 Å². The van der Waals surface area contributed by atoms with Crippen molar-refractivity contribution in [3.8, 4) is 0 Å². The summed E-state index contributed by atoms with van der Waals surface area (Å²) in [4.78, 5) is 27.3. The molecule has 16 heavy (non-hydrogen) atoms. The van der Waals surface area contributed by atoms with E-state index in [2.05, 4.69) is 5.32 Å². The molecule has 5 nitrogen and oxygen atoms in total.